The van der Waals surface area contributed by atoms with Crippen molar-refractivity contribution in [3.8, 4) is 5.75 Å². The standard InChI is InChI=1S/C22H28FNO/c1-22(2,3)18-6-10-20(11-7-18)25-15-17-14-24-13-12-21(17)16-4-8-19(23)9-5-16/h4-11,17,21,24H,12-15H2,1-3H3. The van der Waals surface area contributed by atoms with Gasteiger partial charge in [-0.2, -0.15) is 0 Å². The van der Waals surface area contributed by atoms with Gasteiger partial charge in [0.2, 0.25) is 0 Å². The molecular weight excluding hydrogens is 313 g/mol. The molecule has 3 rings (SSSR count). The first-order valence-corrected chi connectivity index (χ1v) is 9.13. The summed E-state index contributed by atoms with van der Waals surface area (Å²) < 4.78 is 19.3. The van der Waals surface area contributed by atoms with Crippen LogP contribution in [0.3, 0.4) is 0 Å². The fraction of sp³-hybridized carbons (Fsp3) is 0.455. The summed E-state index contributed by atoms with van der Waals surface area (Å²) in [5, 5.41) is 3.46. The molecule has 3 heteroatoms. The van der Waals surface area contributed by atoms with Crippen molar-refractivity contribution in [3.63, 3.8) is 0 Å². The third kappa shape index (κ3) is 4.60. The second kappa shape index (κ2) is 7.57. The van der Waals surface area contributed by atoms with E-state index in [4.69, 9.17) is 4.74 Å². The third-order valence-corrected chi connectivity index (χ3v) is 5.09. The molecule has 0 bridgehead atoms. The molecule has 2 atom stereocenters. The SMILES string of the molecule is CC(C)(C)c1ccc(OCC2CNCCC2c2ccc(F)cc2)cc1. The number of piperidine rings is 1. The predicted molar refractivity (Wildman–Crippen MR) is 101 cm³/mol. The van der Waals surface area contributed by atoms with Crippen molar-refractivity contribution in [3.05, 3.63) is 65.5 Å². The second-order valence-corrected chi connectivity index (χ2v) is 8.00. The molecule has 1 aliphatic rings. The summed E-state index contributed by atoms with van der Waals surface area (Å²) in [6.45, 7) is 9.24. The molecule has 0 amide bonds. The Hall–Kier alpha value is -1.87. The van der Waals surface area contributed by atoms with E-state index in [0.29, 0.717) is 18.4 Å². The van der Waals surface area contributed by atoms with Crippen molar-refractivity contribution in [2.24, 2.45) is 5.92 Å². The Balaban J connectivity index is 1.65. The van der Waals surface area contributed by atoms with E-state index in [1.165, 1.54) is 11.1 Å². The van der Waals surface area contributed by atoms with E-state index in [0.717, 1.165) is 25.3 Å². The summed E-state index contributed by atoms with van der Waals surface area (Å²) >= 11 is 0. The molecule has 0 spiro atoms. The van der Waals surface area contributed by atoms with Gasteiger partial charge in [-0.3, -0.25) is 0 Å². The maximum absolute atomic E-state index is 13.2. The van der Waals surface area contributed by atoms with Crippen molar-refractivity contribution in [1.29, 1.82) is 0 Å². The highest BCUT2D eigenvalue weighted by atomic mass is 19.1. The van der Waals surface area contributed by atoms with Crippen molar-refractivity contribution in [1.82, 2.24) is 5.32 Å². The first-order chi connectivity index (χ1) is 11.9. The van der Waals surface area contributed by atoms with E-state index in [2.05, 4.69) is 50.4 Å². The van der Waals surface area contributed by atoms with Crippen LogP contribution in [0.25, 0.3) is 0 Å². The number of hydrogen-bond donors (Lipinski definition) is 1. The Labute approximate surface area is 150 Å². The summed E-state index contributed by atoms with van der Waals surface area (Å²) in [5.74, 6) is 1.54. The molecule has 0 aliphatic carbocycles. The van der Waals surface area contributed by atoms with Crippen LogP contribution in [-0.4, -0.2) is 19.7 Å². The number of hydrogen-bond acceptors (Lipinski definition) is 2. The molecule has 25 heavy (non-hydrogen) atoms. The van der Waals surface area contributed by atoms with Crippen LogP contribution in [0.1, 0.15) is 44.2 Å². The summed E-state index contributed by atoms with van der Waals surface area (Å²) in [7, 11) is 0. The van der Waals surface area contributed by atoms with Gasteiger partial charge < -0.3 is 10.1 Å². The lowest BCUT2D eigenvalue weighted by Gasteiger charge is -2.32. The first kappa shape index (κ1) is 17.9. The molecule has 2 unspecified atom stereocenters. The molecule has 0 radical (unpaired) electrons. The van der Waals surface area contributed by atoms with Crippen LogP contribution in [0.2, 0.25) is 0 Å². The van der Waals surface area contributed by atoms with Crippen LogP contribution in [0, 0.1) is 11.7 Å². The Morgan fingerprint density at radius 1 is 1.04 bits per heavy atom. The fourth-order valence-corrected chi connectivity index (χ4v) is 3.50. The molecule has 0 saturated carbocycles. The van der Waals surface area contributed by atoms with Gasteiger partial charge in [0.15, 0.2) is 0 Å². The number of rotatable bonds is 4. The van der Waals surface area contributed by atoms with Crippen molar-refractivity contribution < 1.29 is 9.13 Å². The minimum Gasteiger partial charge on any atom is -0.493 e. The van der Waals surface area contributed by atoms with Gasteiger partial charge in [0.05, 0.1) is 6.61 Å². The third-order valence-electron chi connectivity index (χ3n) is 5.09. The molecule has 134 valence electrons. The van der Waals surface area contributed by atoms with E-state index in [1.807, 2.05) is 12.1 Å². The van der Waals surface area contributed by atoms with E-state index in [1.54, 1.807) is 12.1 Å². The molecule has 2 nitrogen and oxygen atoms in total. The van der Waals surface area contributed by atoms with Gasteiger partial charge in [-0.05, 0) is 59.7 Å². The van der Waals surface area contributed by atoms with Crippen LogP contribution in [0.4, 0.5) is 4.39 Å². The van der Waals surface area contributed by atoms with Gasteiger partial charge in [0.1, 0.15) is 11.6 Å². The van der Waals surface area contributed by atoms with Gasteiger partial charge in [0.25, 0.3) is 0 Å². The lowest BCUT2D eigenvalue weighted by molar-refractivity contribution is 0.197. The molecule has 0 aromatic heterocycles. The first-order valence-electron chi connectivity index (χ1n) is 9.13. The average molecular weight is 341 g/mol. The van der Waals surface area contributed by atoms with Crippen LogP contribution in [0.15, 0.2) is 48.5 Å². The van der Waals surface area contributed by atoms with Gasteiger partial charge in [-0.25, -0.2) is 4.39 Å². The minimum absolute atomic E-state index is 0.152. The van der Waals surface area contributed by atoms with Gasteiger partial charge in [-0.15, -0.1) is 0 Å². The zero-order valence-electron chi connectivity index (χ0n) is 15.4. The Morgan fingerprint density at radius 3 is 2.36 bits per heavy atom. The largest absolute Gasteiger partial charge is 0.493 e. The van der Waals surface area contributed by atoms with Crippen LogP contribution >= 0.6 is 0 Å². The fourth-order valence-electron chi connectivity index (χ4n) is 3.50. The molecule has 1 aliphatic heterocycles. The normalized spacial score (nSPS) is 21.1. The number of halogens is 1. The average Bonchev–Trinajstić information content (AvgIpc) is 2.61. The van der Waals surface area contributed by atoms with E-state index >= 15 is 0 Å². The Bertz CT molecular complexity index is 673. The molecule has 1 saturated heterocycles. The number of benzene rings is 2. The van der Waals surface area contributed by atoms with Crippen LogP contribution in [0.5, 0.6) is 5.75 Å². The predicted octanol–water partition coefficient (Wildman–Crippen LogP) is 4.90. The monoisotopic (exact) mass is 341 g/mol. The van der Waals surface area contributed by atoms with Crippen molar-refractivity contribution in [2.45, 2.75) is 38.5 Å². The molecule has 1 fully saturated rings. The van der Waals surface area contributed by atoms with Gasteiger partial charge >= 0.3 is 0 Å². The zero-order chi connectivity index (χ0) is 17.9. The summed E-state index contributed by atoms with van der Waals surface area (Å²) in [5.41, 5.74) is 2.67. The lowest BCUT2D eigenvalue weighted by atomic mass is 9.81. The molecule has 1 N–H and O–H groups in total. The van der Waals surface area contributed by atoms with Crippen molar-refractivity contribution >= 4 is 0 Å². The second-order valence-electron chi connectivity index (χ2n) is 8.00. The van der Waals surface area contributed by atoms with Gasteiger partial charge in [0, 0.05) is 12.5 Å². The highest BCUT2D eigenvalue weighted by Gasteiger charge is 2.27. The maximum Gasteiger partial charge on any atom is 0.123 e. The number of ether oxygens (including phenoxy) is 1. The van der Waals surface area contributed by atoms with Crippen molar-refractivity contribution in [2.75, 3.05) is 19.7 Å². The van der Waals surface area contributed by atoms with Crippen LogP contribution in [-0.2, 0) is 5.41 Å². The summed E-state index contributed by atoms with van der Waals surface area (Å²) in [4.78, 5) is 0. The van der Waals surface area contributed by atoms with E-state index < -0.39 is 0 Å². The van der Waals surface area contributed by atoms with Crippen LogP contribution < -0.4 is 10.1 Å². The zero-order valence-corrected chi connectivity index (χ0v) is 15.4. The molecular formula is C22H28FNO. The highest BCUT2D eigenvalue weighted by Crippen LogP contribution is 2.31. The summed E-state index contributed by atoms with van der Waals surface area (Å²) in [6, 6.07) is 15.3. The van der Waals surface area contributed by atoms with E-state index in [9.17, 15) is 4.39 Å². The minimum atomic E-state index is -0.176. The highest BCUT2D eigenvalue weighted by molar-refractivity contribution is 5.31. The van der Waals surface area contributed by atoms with E-state index in [-0.39, 0.29) is 11.2 Å². The topological polar surface area (TPSA) is 21.3 Å². The number of nitrogens with one attached hydrogen (secondary N) is 1. The molecule has 2 aromatic rings. The Kier molecular flexibility index (Phi) is 5.43. The molecule has 1 heterocycles. The van der Waals surface area contributed by atoms with Gasteiger partial charge in [-0.1, -0.05) is 45.0 Å². The smallest absolute Gasteiger partial charge is 0.123 e. The summed E-state index contributed by atoms with van der Waals surface area (Å²) in [6.07, 6.45) is 1.06. The lowest BCUT2D eigenvalue weighted by Crippen LogP contribution is -2.38. The maximum atomic E-state index is 13.2. The Morgan fingerprint density at radius 2 is 1.72 bits per heavy atom. The quantitative estimate of drug-likeness (QED) is 0.854. The molecule has 2 aromatic carbocycles.